The Morgan fingerprint density at radius 3 is 2.47 bits per heavy atom. The molecule has 0 aliphatic heterocycles. The second-order valence-electron chi connectivity index (χ2n) is 13.5. The van der Waals surface area contributed by atoms with Crippen molar-refractivity contribution in [1.29, 1.82) is 0 Å². The number of hydrogen-bond acceptors (Lipinski definition) is 6. The number of nitrogens with one attached hydrogen (secondary N) is 1. The standard InChI is InChI=1S/C36H40ClF2N7O3/c1-35(2,3)16-18-42-33(40)46(31(47)24-10-8-23(9-11-24)26-20-43-45(21-26)32(38)39)30(22-49-34(48)44-36(4)14-15-36)25-12-13-28(37)27(19-25)29-7-5-6-17-41-29/h5-13,17,19-21,30,32H,14-16,18,22H2,1-4H3,(H2,40,42)(H,44,48)/t30-/m1/s1. The van der Waals surface area contributed by atoms with Gasteiger partial charge in [0.2, 0.25) is 0 Å². The maximum Gasteiger partial charge on any atom is 0.407 e. The van der Waals surface area contributed by atoms with Gasteiger partial charge in [-0.05, 0) is 79.1 Å². The molecule has 3 N–H and O–H groups in total. The number of halogens is 3. The van der Waals surface area contributed by atoms with Gasteiger partial charge in [0.1, 0.15) is 6.61 Å². The Bertz CT molecular complexity index is 1800. The van der Waals surface area contributed by atoms with Gasteiger partial charge < -0.3 is 15.8 Å². The van der Waals surface area contributed by atoms with Crippen molar-refractivity contribution < 1.29 is 23.1 Å². The van der Waals surface area contributed by atoms with Gasteiger partial charge in [-0.15, -0.1) is 0 Å². The molecule has 2 aromatic heterocycles. The van der Waals surface area contributed by atoms with Crippen LogP contribution < -0.4 is 11.1 Å². The Labute approximate surface area is 289 Å². The molecule has 1 aliphatic carbocycles. The van der Waals surface area contributed by atoms with Gasteiger partial charge in [-0.3, -0.25) is 19.7 Å². The molecule has 0 bridgehead atoms. The molecule has 1 aliphatic rings. The molecule has 1 fully saturated rings. The molecule has 2 aromatic carbocycles. The minimum absolute atomic E-state index is 0.0418. The van der Waals surface area contributed by atoms with E-state index in [4.69, 9.17) is 22.1 Å². The molecular formula is C36H40ClF2N7O3. The Kier molecular flexibility index (Phi) is 10.7. The number of pyridine rings is 1. The van der Waals surface area contributed by atoms with Crippen LogP contribution in [0.25, 0.3) is 22.4 Å². The van der Waals surface area contributed by atoms with Crippen LogP contribution in [0.2, 0.25) is 5.02 Å². The van der Waals surface area contributed by atoms with Crippen LogP contribution in [0.5, 0.6) is 0 Å². The highest BCUT2D eigenvalue weighted by Crippen LogP contribution is 2.35. The van der Waals surface area contributed by atoms with Crippen LogP contribution in [0.3, 0.4) is 0 Å². The number of benzene rings is 2. The van der Waals surface area contributed by atoms with E-state index in [9.17, 15) is 18.4 Å². The van der Waals surface area contributed by atoms with Gasteiger partial charge in [-0.25, -0.2) is 9.48 Å². The fourth-order valence-electron chi connectivity index (χ4n) is 5.06. The monoisotopic (exact) mass is 691 g/mol. The maximum absolute atomic E-state index is 14.5. The number of amides is 2. The summed E-state index contributed by atoms with van der Waals surface area (Å²) in [5.41, 5.74) is 9.39. The summed E-state index contributed by atoms with van der Waals surface area (Å²) in [6, 6.07) is 16.2. The van der Waals surface area contributed by atoms with Crippen molar-refractivity contribution in [2.24, 2.45) is 16.1 Å². The zero-order valence-electron chi connectivity index (χ0n) is 27.9. The van der Waals surface area contributed by atoms with Gasteiger partial charge in [0, 0.05) is 46.2 Å². The number of ether oxygens (including phenoxy) is 1. The predicted octanol–water partition coefficient (Wildman–Crippen LogP) is 7.87. The number of aromatic nitrogens is 3. The number of carbonyl (C=O) groups excluding carboxylic acids is 2. The summed E-state index contributed by atoms with van der Waals surface area (Å²) < 4.78 is 32.5. The number of hydrogen-bond donors (Lipinski definition) is 2. The first-order valence-corrected chi connectivity index (χ1v) is 16.3. The van der Waals surface area contributed by atoms with E-state index in [1.165, 1.54) is 17.3 Å². The Morgan fingerprint density at radius 1 is 1.12 bits per heavy atom. The zero-order chi connectivity index (χ0) is 35.3. The van der Waals surface area contributed by atoms with Crippen LogP contribution in [-0.2, 0) is 4.74 Å². The van der Waals surface area contributed by atoms with Gasteiger partial charge in [0.15, 0.2) is 5.96 Å². The van der Waals surface area contributed by atoms with Gasteiger partial charge in [0.05, 0.1) is 17.9 Å². The van der Waals surface area contributed by atoms with Gasteiger partial charge in [-0.1, -0.05) is 56.6 Å². The molecule has 13 heteroatoms. The summed E-state index contributed by atoms with van der Waals surface area (Å²) in [4.78, 5) is 37.8. The third-order valence-electron chi connectivity index (χ3n) is 8.27. The summed E-state index contributed by atoms with van der Waals surface area (Å²) >= 11 is 6.63. The number of guanidine groups is 1. The second-order valence-corrected chi connectivity index (χ2v) is 14.0. The number of carbonyl (C=O) groups is 2. The molecule has 49 heavy (non-hydrogen) atoms. The maximum atomic E-state index is 14.5. The van der Waals surface area contributed by atoms with E-state index < -0.39 is 24.6 Å². The summed E-state index contributed by atoms with van der Waals surface area (Å²) in [6.07, 6.45) is 5.97. The molecule has 0 radical (unpaired) electrons. The molecule has 0 unspecified atom stereocenters. The summed E-state index contributed by atoms with van der Waals surface area (Å²) in [7, 11) is 0. The molecule has 0 saturated heterocycles. The van der Waals surface area contributed by atoms with Gasteiger partial charge in [-0.2, -0.15) is 13.9 Å². The number of nitrogens with zero attached hydrogens (tertiary/aromatic N) is 5. The van der Waals surface area contributed by atoms with E-state index in [1.54, 1.807) is 54.7 Å². The Balaban J connectivity index is 1.55. The zero-order valence-corrected chi connectivity index (χ0v) is 28.6. The molecule has 4 aromatic rings. The first-order valence-electron chi connectivity index (χ1n) is 15.9. The van der Waals surface area contributed by atoms with E-state index in [2.05, 4.69) is 41.2 Å². The smallest absolute Gasteiger partial charge is 0.407 e. The SMILES string of the molecule is CC(C)(C)CCN=C(N)N(C(=O)c1ccc(-c2cnn(C(F)F)c2)cc1)[C@H](COC(=O)NC1(C)CC1)c1ccc(Cl)c(-c2ccccn2)c1. The molecule has 1 saturated carbocycles. The van der Waals surface area contributed by atoms with E-state index in [-0.39, 0.29) is 29.1 Å². The number of aliphatic imine (C=N–C) groups is 1. The molecule has 10 nitrogen and oxygen atoms in total. The minimum Gasteiger partial charge on any atom is -0.447 e. The van der Waals surface area contributed by atoms with Crippen molar-refractivity contribution in [3.8, 4) is 22.4 Å². The number of alkyl carbamates (subject to hydrolysis) is 1. The van der Waals surface area contributed by atoms with Crippen LogP contribution in [0.15, 0.2) is 84.2 Å². The topological polar surface area (TPSA) is 128 Å². The third-order valence-corrected chi connectivity index (χ3v) is 8.60. The largest absolute Gasteiger partial charge is 0.447 e. The summed E-state index contributed by atoms with van der Waals surface area (Å²) in [5.74, 6) is -0.571. The fraction of sp³-hybridized carbons (Fsp3) is 0.361. The number of nitrogens with two attached hydrogens (primary N) is 1. The van der Waals surface area contributed by atoms with E-state index in [0.29, 0.717) is 50.6 Å². The molecule has 2 amide bonds. The molecular weight excluding hydrogens is 652 g/mol. The van der Waals surface area contributed by atoms with Crippen LogP contribution in [0.4, 0.5) is 13.6 Å². The van der Waals surface area contributed by atoms with Gasteiger partial charge in [0.25, 0.3) is 5.91 Å². The lowest BCUT2D eigenvalue weighted by molar-refractivity contribution is 0.0566. The average Bonchev–Trinajstić information content (AvgIpc) is 3.56. The normalized spacial score (nSPS) is 14.7. The van der Waals surface area contributed by atoms with E-state index >= 15 is 0 Å². The molecule has 1 atom stereocenters. The molecule has 5 rings (SSSR count). The molecule has 258 valence electrons. The highest BCUT2D eigenvalue weighted by molar-refractivity contribution is 6.33. The van der Waals surface area contributed by atoms with Gasteiger partial charge >= 0.3 is 12.6 Å². The minimum atomic E-state index is -2.77. The second kappa shape index (κ2) is 14.7. The first kappa shape index (κ1) is 35.5. The Morgan fingerprint density at radius 2 is 1.86 bits per heavy atom. The number of alkyl halides is 2. The third kappa shape index (κ3) is 9.20. The summed E-state index contributed by atoms with van der Waals surface area (Å²) in [6.45, 7) is 5.49. The number of rotatable bonds is 11. The lowest BCUT2D eigenvalue weighted by Gasteiger charge is -2.32. The van der Waals surface area contributed by atoms with E-state index in [0.717, 1.165) is 12.8 Å². The van der Waals surface area contributed by atoms with Crippen LogP contribution in [-0.4, -0.2) is 56.3 Å². The average molecular weight is 692 g/mol. The van der Waals surface area contributed by atoms with Crippen molar-refractivity contribution in [3.63, 3.8) is 0 Å². The highest BCUT2D eigenvalue weighted by Gasteiger charge is 2.40. The van der Waals surface area contributed by atoms with Crippen molar-refractivity contribution in [2.45, 2.75) is 65.1 Å². The first-order chi connectivity index (χ1) is 23.2. The van der Waals surface area contributed by atoms with Crippen molar-refractivity contribution >= 4 is 29.6 Å². The van der Waals surface area contributed by atoms with E-state index in [1.807, 2.05) is 19.1 Å². The predicted molar refractivity (Wildman–Crippen MR) is 185 cm³/mol. The quantitative estimate of drug-likeness (QED) is 0.122. The fourth-order valence-corrected chi connectivity index (χ4v) is 5.28. The molecule has 2 heterocycles. The van der Waals surface area contributed by atoms with Crippen LogP contribution >= 0.6 is 11.6 Å². The summed E-state index contributed by atoms with van der Waals surface area (Å²) in [5, 5.41) is 7.02. The van der Waals surface area contributed by atoms with Crippen molar-refractivity contribution in [2.75, 3.05) is 13.2 Å². The van der Waals surface area contributed by atoms with Crippen molar-refractivity contribution in [3.05, 3.63) is 95.4 Å². The van der Waals surface area contributed by atoms with Crippen molar-refractivity contribution in [1.82, 2.24) is 25.0 Å². The lowest BCUT2D eigenvalue weighted by atomic mass is 9.92. The lowest BCUT2D eigenvalue weighted by Crippen LogP contribution is -2.47. The van der Waals surface area contributed by atoms with Crippen LogP contribution in [0, 0.1) is 5.41 Å². The van der Waals surface area contributed by atoms with Crippen LogP contribution in [0.1, 0.15) is 75.5 Å². The molecule has 0 spiro atoms. The highest BCUT2D eigenvalue weighted by atomic mass is 35.5. The Hall–Kier alpha value is -4.84.